The number of fused-ring (bicyclic) bond motifs is 2. The lowest BCUT2D eigenvalue weighted by atomic mass is 9.96. The molecule has 0 unspecified atom stereocenters. The van der Waals surface area contributed by atoms with E-state index in [9.17, 15) is 4.79 Å². The van der Waals surface area contributed by atoms with Gasteiger partial charge in [0.1, 0.15) is 11.3 Å². The summed E-state index contributed by atoms with van der Waals surface area (Å²) in [5.74, 6) is 0.595. The van der Waals surface area contributed by atoms with Gasteiger partial charge in [0.25, 0.3) is 0 Å². The normalized spacial score (nSPS) is 11.2. The molecular weight excluding hydrogens is 420 g/mol. The minimum atomic E-state index is -0.0709. The zero-order chi connectivity index (χ0) is 16.0. The maximum Gasteiger partial charge on any atom is 0.183 e. The summed E-state index contributed by atoms with van der Waals surface area (Å²) in [7, 11) is 0. The fraction of sp³-hybridized carbons (Fsp3) is 0. The summed E-state index contributed by atoms with van der Waals surface area (Å²) in [6.45, 7) is 0. The Kier molecular flexibility index (Phi) is 3.58. The Bertz CT molecular complexity index is 1070. The Morgan fingerprint density at radius 1 is 0.783 bits per heavy atom. The minimum absolute atomic E-state index is 0.0709. The van der Waals surface area contributed by atoms with Gasteiger partial charge in [-0.05, 0) is 67.3 Å². The van der Waals surface area contributed by atoms with Gasteiger partial charge in [0, 0.05) is 26.0 Å². The van der Waals surface area contributed by atoms with Gasteiger partial charge in [-0.2, -0.15) is 0 Å². The van der Waals surface area contributed by atoms with Gasteiger partial charge >= 0.3 is 0 Å². The van der Waals surface area contributed by atoms with Crippen LogP contribution in [0, 0.1) is 0 Å². The Balaban J connectivity index is 2.12. The van der Waals surface area contributed by atoms with E-state index in [-0.39, 0.29) is 5.43 Å². The van der Waals surface area contributed by atoms with E-state index < -0.39 is 0 Å². The Morgan fingerprint density at radius 2 is 1.61 bits per heavy atom. The summed E-state index contributed by atoms with van der Waals surface area (Å²) in [5.41, 5.74) is 3.42. The largest absolute Gasteiger partial charge is 0.456 e. The van der Waals surface area contributed by atoms with Gasteiger partial charge in [-0.1, -0.05) is 30.3 Å². The molecule has 0 bridgehead atoms. The average Bonchev–Trinajstić information content (AvgIpc) is 2.55. The molecule has 0 radical (unpaired) electrons. The smallest absolute Gasteiger partial charge is 0.183 e. The van der Waals surface area contributed by atoms with Crippen molar-refractivity contribution in [3.05, 3.63) is 79.8 Å². The maximum atomic E-state index is 12.1. The van der Waals surface area contributed by atoms with Crippen molar-refractivity contribution >= 4 is 42.8 Å². The molecule has 0 atom stereocenters. The Morgan fingerprint density at radius 3 is 2.48 bits per heavy atom. The topological polar surface area (TPSA) is 30.2 Å². The molecule has 0 amide bonds. The number of halogens is 2. The van der Waals surface area contributed by atoms with Crippen LogP contribution in [0.5, 0.6) is 0 Å². The first-order valence-electron chi connectivity index (χ1n) is 7.04. The first kappa shape index (κ1) is 14.7. The lowest BCUT2D eigenvalue weighted by Crippen LogP contribution is -2.02. The molecule has 1 aliphatic carbocycles. The molecule has 0 saturated carbocycles. The second-order valence-electron chi connectivity index (χ2n) is 5.27. The van der Waals surface area contributed by atoms with Crippen LogP contribution in [0.2, 0.25) is 0 Å². The molecule has 0 saturated heterocycles. The molecule has 112 valence electrons. The number of benzene rings is 3. The van der Waals surface area contributed by atoms with Crippen LogP contribution >= 0.6 is 31.9 Å². The lowest BCUT2D eigenvalue weighted by Gasteiger charge is -2.14. The van der Waals surface area contributed by atoms with E-state index in [0.717, 1.165) is 36.6 Å². The molecule has 0 aromatic heterocycles. The second-order valence-corrected chi connectivity index (χ2v) is 6.92. The Hall–Kier alpha value is -1.91. The van der Waals surface area contributed by atoms with E-state index in [2.05, 4.69) is 37.9 Å². The molecule has 4 rings (SSSR count). The van der Waals surface area contributed by atoms with Gasteiger partial charge in [-0.3, -0.25) is 4.79 Å². The van der Waals surface area contributed by atoms with E-state index in [4.69, 9.17) is 4.42 Å². The SMILES string of the molecule is O=c1cc2oc3ccccc3cc-2c(-c2cccc(Br)c2Br)c1. The van der Waals surface area contributed by atoms with Gasteiger partial charge in [0.05, 0.1) is 0 Å². The van der Waals surface area contributed by atoms with E-state index in [1.54, 1.807) is 6.07 Å². The summed E-state index contributed by atoms with van der Waals surface area (Å²) in [5, 5.41) is 1.01. The Labute approximate surface area is 149 Å². The van der Waals surface area contributed by atoms with Gasteiger partial charge in [-0.15, -0.1) is 0 Å². The van der Waals surface area contributed by atoms with E-state index in [0.29, 0.717) is 5.76 Å². The zero-order valence-electron chi connectivity index (χ0n) is 11.8. The van der Waals surface area contributed by atoms with E-state index >= 15 is 0 Å². The van der Waals surface area contributed by atoms with Gasteiger partial charge in [0.15, 0.2) is 5.43 Å². The van der Waals surface area contributed by atoms with Crippen LogP contribution in [0.4, 0.5) is 0 Å². The van der Waals surface area contributed by atoms with Crippen molar-refractivity contribution in [3.8, 4) is 22.5 Å². The predicted octanol–water partition coefficient (Wildman–Crippen LogP) is 6.09. The number of hydrogen-bond donors (Lipinski definition) is 0. The van der Waals surface area contributed by atoms with Crippen molar-refractivity contribution < 1.29 is 4.42 Å². The number of para-hydroxylation sites is 1. The summed E-state index contributed by atoms with van der Waals surface area (Å²) >= 11 is 7.11. The van der Waals surface area contributed by atoms with Crippen molar-refractivity contribution in [2.75, 3.05) is 0 Å². The van der Waals surface area contributed by atoms with Crippen LogP contribution in [0.3, 0.4) is 0 Å². The molecule has 2 aromatic rings. The van der Waals surface area contributed by atoms with Crippen LogP contribution in [0.25, 0.3) is 33.4 Å². The molecule has 2 aliphatic rings. The van der Waals surface area contributed by atoms with Crippen molar-refractivity contribution in [1.29, 1.82) is 0 Å². The molecule has 1 heterocycles. The third-order valence-corrected chi connectivity index (χ3v) is 5.84. The fourth-order valence-electron chi connectivity index (χ4n) is 2.74. The molecule has 1 aliphatic heterocycles. The number of hydrogen-bond acceptors (Lipinski definition) is 2. The maximum absolute atomic E-state index is 12.1. The third-order valence-electron chi connectivity index (χ3n) is 3.80. The summed E-state index contributed by atoms with van der Waals surface area (Å²) in [6.07, 6.45) is 0. The highest BCUT2D eigenvalue weighted by Crippen LogP contribution is 2.40. The second kappa shape index (κ2) is 5.62. The van der Waals surface area contributed by atoms with Gasteiger partial charge < -0.3 is 4.42 Å². The quantitative estimate of drug-likeness (QED) is 0.342. The summed E-state index contributed by atoms with van der Waals surface area (Å²) in [6, 6.07) is 18.9. The first-order valence-corrected chi connectivity index (χ1v) is 8.63. The molecule has 0 spiro atoms. The third kappa shape index (κ3) is 2.52. The van der Waals surface area contributed by atoms with E-state index in [1.807, 2.05) is 42.5 Å². The molecule has 4 heteroatoms. The van der Waals surface area contributed by atoms with Crippen LogP contribution in [-0.2, 0) is 0 Å². The van der Waals surface area contributed by atoms with Crippen LogP contribution in [-0.4, -0.2) is 0 Å². The van der Waals surface area contributed by atoms with Gasteiger partial charge in [0.2, 0.25) is 0 Å². The molecule has 0 N–H and O–H groups in total. The number of rotatable bonds is 1. The van der Waals surface area contributed by atoms with Crippen molar-refractivity contribution in [2.45, 2.75) is 0 Å². The average molecular weight is 430 g/mol. The van der Waals surface area contributed by atoms with Crippen molar-refractivity contribution in [1.82, 2.24) is 0 Å². The highest BCUT2D eigenvalue weighted by Gasteiger charge is 2.17. The van der Waals surface area contributed by atoms with Crippen LogP contribution in [0.15, 0.2) is 78.8 Å². The molecule has 0 fully saturated rings. The molecule has 2 aromatic carbocycles. The first-order chi connectivity index (χ1) is 11.1. The van der Waals surface area contributed by atoms with Crippen LogP contribution in [0.1, 0.15) is 0 Å². The highest BCUT2D eigenvalue weighted by molar-refractivity contribution is 9.13. The molecule has 2 nitrogen and oxygen atoms in total. The van der Waals surface area contributed by atoms with E-state index in [1.165, 1.54) is 6.07 Å². The van der Waals surface area contributed by atoms with Crippen molar-refractivity contribution in [2.24, 2.45) is 0 Å². The minimum Gasteiger partial charge on any atom is -0.456 e. The lowest BCUT2D eigenvalue weighted by molar-refractivity contribution is 0.619. The monoisotopic (exact) mass is 428 g/mol. The predicted molar refractivity (Wildman–Crippen MR) is 99.9 cm³/mol. The molecule has 23 heavy (non-hydrogen) atoms. The van der Waals surface area contributed by atoms with Crippen LogP contribution < -0.4 is 5.43 Å². The van der Waals surface area contributed by atoms with Gasteiger partial charge in [-0.25, -0.2) is 0 Å². The summed E-state index contributed by atoms with van der Waals surface area (Å²) in [4.78, 5) is 12.1. The highest BCUT2D eigenvalue weighted by atomic mass is 79.9. The fourth-order valence-corrected chi connectivity index (χ4v) is 3.58. The molecular formula is C19H10Br2O2. The standard InChI is InChI=1S/C19H10Br2O2/c20-16-6-3-5-13(19(16)21)14-9-12(22)10-18-15(14)8-11-4-1-2-7-17(11)23-18/h1-10H. The summed E-state index contributed by atoms with van der Waals surface area (Å²) < 4.78 is 7.79. The van der Waals surface area contributed by atoms with Crippen molar-refractivity contribution in [3.63, 3.8) is 0 Å². The zero-order valence-corrected chi connectivity index (χ0v) is 15.0.